The van der Waals surface area contributed by atoms with Gasteiger partial charge in [-0.1, -0.05) is 11.6 Å². The molecule has 0 radical (unpaired) electrons. The Morgan fingerprint density at radius 1 is 1.19 bits per heavy atom. The first kappa shape index (κ1) is 16.5. The number of nitrogens with zero attached hydrogens (tertiary/aromatic N) is 7. The second-order valence-corrected chi connectivity index (χ2v) is 5.87. The van der Waals surface area contributed by atoms with E-state index in [1.807, 2.05) is 0 Å². The summed E-state index contributed by atoms with van der Waals surface area (Å²) < 4.78 is 41.8. The van der Waals surface area contributed by atoms with E-state index in [-0.39, 0.29) is 23.0 Å². The van der Waals surface area contributed by atoms with Crippen molar-refractivity contribution in [3.05, 3.63) is 41.2 Å². The van der Waals surface area contributed by atoms with E-state index in [1.165, 1.54) is 10.7 Å². The summed E-state index contributed by atoms with van der Waals surface area (Å²) in [5, 5.41) is 15.4. The van der Waals surface area contributed by atoms with Gasteiger partial charge in [0.05, 0.1) is 28.7 Å². The van der Waals surface area contributed by atoms with E-state index in [4.69, 9.17) is 11.6 Å². The van der Waals surface area contributed by atoms with Crippen LogP contribution in [0.4, 0.5) is 19.0 Å². The van der Waals surface area contributed by atoms with Crippen molar-refractivity contribution in [2.45, 2.75) is 12.7 Å². The molecule has 0 unspecified atom stereocenters. The van der Waals surface area contributed by atoms with Gasteiger partial charge in [0, 0.05) is 13.2 Å². The topological polar surface area (TPSA) is 85.8 Å². The van der Waals surface area contributed by atoms with E-state index < -0.39 is 11.7 Å². The van der Waals surface area contributed by atoms with Crippen molar-refractivity contribution in [1.82, 2.24) is 34.3 Å². The van der Waals surface area contributed by atoms with Crippen LogP contribution < -0.4 is 5.32 Å². The molecule has 12 heteroatoms. The fourth-order valence-electron chi connectivity index (χ4n) is 2.54. The maximum atomic E-state index is 13.0. The van der Waals surface area contributed by atoms with Gasteiger partial charge in [0.1, 0.15) is 12.1 Å². The number of pyridine rings is 1. The van der Waals surface area contributed by atoms with Gasteiger partial charge in [0.2, 0.25) is 0 Å². The number of alkyl halides is 3. The minimum atomic E-state index is -4.53. The van der Waals surface area contributed by atoms with Crippen LogP contribution >= 0.6 is 11.6 Å². The zero-order chi connectivity index (χ0) is 18.5. The molecule has 4 rings (SSSR count). The number of anilines is 1. The second-order valence-electron chi connectivity index (χ2n) is 5.47. The Labute approximate surface area is 148 Å². The molecule has 0 saturated heterocycles. The molecule has 4 heterocycles. The summed E-state index contributed by atoms with van der Waals surface area (Å²) in [4.78, 5) is 8.26. The summed E-state index contributed by atoms with van der Waals surface area (Å²) in [6, 6.07) is 0.826. The van der Waals surface area contributed by atoms with Crippen molar-refractivity contribution >= 4 is 34.1 Å². The Morgan fingerprint density at radius 3 is 2.77 bits per heavy atom. The van der Waals surface area contributed by atoms with Crippen molar-refractivity contribution in [2.75, 3.05) is 5.32 Å². The predicted octanol–water partition coefficient (Wildman–Crippen LogP) is 2.69. The van der Waals surface area contributed by atoms with Crippen LogP contribution in [0.5, 0.6) is 0 Å². The van der Waals surface area contributed by atoms with Crippen LogP contribution in [-0.2, 0) is 19.8 Å². The molecule has 0 aliphatic carbocycles. The highest BCUT2D eigenvalue weighted by atomic mass is 35.5. The van der Waals surface area contributed by atoms with E-state index >= 15 is 0 Å². The lowest BCUT2D eigenvalue weighted by atomic mass is 10.2. The van der Waals surface area contributed by atoms with Gasteiger partial charge in [0.15, 0.2) is 17.1 Å². The van der Waals surface area contributed by atoms with Gasteiger partial charge in [-0.3, -0.25) is 9.08 Å². The first-order chi connectivity index (χ1) is 12.3. The highest BCUT2D eigenvalue weighted by molar-refractivity contribution is 6.33. The molecular formula is C14H10ClF3N8. The number of hydrogen-bond acceptors (Lipinski definition) is 6. The largest absolute Gasteiger partial charge is 0.417 e. The number of nitrogens with one attached hydrogen (secondary N) is 1. The van der Waals surface area contributed by atoms with E-state index in [2.05, 4.69) is 30.6 Å². The van der Waals surface area contributed by atoms with Crippen molar-refractivity contribution in [2.24, 2.45) is 7.05 Å². The summed E-state index contributed by atoms with van der Waals surface area (Å²) in [5.74, 6) is 0.738. The first-order valence-electron chi connectivity index (χ1n) is 7.31. The third-order valence-electron chi connectivity index (χ3n) is 3.80. The summed E-state index contributed by atoms with van der Waals surface area (Å²) in [5.41, 5.74) is -0.116. The quantitative estimate of drug-likeness (QED) is 0.586. The number of halogens is 4. The van der Waals surface area contributed by atoms with Gasteiger partial charge in [0.25, 0.3) is 0 Å². The second kappa shape index (κ2) is 5.80. The Kier molecular flexibility index (Phi) is 3.68. The number of hydrogen-bond donors (Lipinski definition) is 1. The molecule has 0 spiro atoms. The number of rotatable bonds is 3. The maximum absolute atomic E-state index is 13.0. The summed E-state index contributed by atoms with van der Waals surface area (Å²) in [6.07, 6.45) is -0.649. The predicted molar refractivity (Wildman–Crippen MR) is 86.6 cm³/mol. The van der Waals surface area contributed by atoms with Crippen LogP contribution in [0, 0.1) is 0 Å². The van der Waals surface area contributed by atoms with Crippen molar-refractivity contribution in [3.8, 4) is 0 Å². The zero-order valence-corrected chi connectivity index (χ0v) is 13.9. The zero-order valence-electron chi connectivity index (χ0n) is 13.2. The molecule has 26 heavy (non-hydrogen) atoms. The third-order valence-corrected chi connectivity index (χ3v) is 4.08. The van der Waals surface area contributed by atoms with Crippen molar-refractivity contribution < 1.29 is 13.2 Å². The Balaban J connectivity index is 1.70. The molecule has 4 aromatic heterocycles. The molecule has 8 nitrogen and oxygen atoms in total. The van der Waals surface area contributed by atoms with Crippen LogP contribution in [0.15, 0.2) is 24.8 Å². The lowest BCUT2D eigenvalue weighted by molar-refractivity contribution is -0.137. The van der Waals surface area contributed by atoms with Gasteiger partial charge >= 0.3 is 6.18 Å². The molecule has 134 valence electrons. The minimum Gasteiger partial charge on any atom is -0.362 e. The van der Waals surface area contributed by atoms with Gasteiger partial charge in [-0.05, 0) is 6.07 Å². The average molecular weight is 383 g/mol. The molecule has 0 fully saturated rings. The summed E-state index contributed by atoms with van der Waals surface area (Å²) in [7, 11) is 1.74. The van der Waals surface area contributed by atoms with Gasteiger partial charge < -0.3 is 5.32 Å². The van der Waals surface area contributed by atoms with Crippen LogP contribution in [0.3, 0.4) is 0 Å². The van der Waals surface area contributed by atoms with E-state index in [0.717, 1.165) is 12.3 Å². The SMILES string of the molecule is Cn1ncc2c(NCc3nnc4c(Cl)cc(C(F)(F)F)cn34)ncnc21. The molecule has 0 bridgehead atoms. The number of aromatic nitrogens is 7. The van der Waals surface area contributed by atoms with Gasteiger partial charge in [-0.15, -0.1) is 10.2 Å². The van der Waals surface area contributed by atoms with E-state index in [0.29, 0.717) is 16.9 Å². The first-order valence-corrected chi connectivity index (χ1v) is 7.69. The monoisotopic (exact) mass is 382 g/mol. The Morgan fingerprint density at radius 2 is 2.00 bits per heavy atom. The molecule has 4 aromatic rings. The van der Waals surface area contributed by atoms with Crippen molar-refractivity contribution in [1.29, 1.82) is 0 Å². The molecule has 0 atom stereocenters. The lowest BCUT2D eigenvalue weighted by Gasteiger charge is -2.09. The van der Waals surface area contributed by atoms with E-state index in [1.54, 1.807) is 17.9 Å². The number of fused-ring (bicyclic) bond motifs is 2. The normalized spacial score (nSPS) is 12.2. The molecule has 1 N–H and O–H groups in total. The third kappa shape index (κ3) is 2.69. The molecule has 0 aromatic carbocycles. The minimum absolute atomic E-state index is 0.0831. The smallest absolute Gasteiger partial charge is 0.362 e. The average Bonchev–Trinajstić information content (AvgIpc) is 3.17. The van der Waals surface area contributed by atoms with Crippen LogP contribution in [0.1, 0.15) is 11.4 Å². The standard InChI is InChI=1S/C14H10ClF3N8/c1-25-12-8(3-22-25)11(20-6-21-12)19-4-10-23-24-13-9(15)2-7(5-26(10)13)14(16,17)18/h2-3,5-6H,4H2,1H3,(H,19,20,21). The summed E-state index contributed by atoms with van der Waals surface area (Å²) in [6.45, 7) is 0.0831. The Hall–Kier alpha value is -2.95. The van der Waals surface area contributed by atoms with Crippen LogP contribution in [0.2, 0.25) is 5.02 Å². The van der Waals surface area contributed by atoms with E-state index in [9.17, 15) is 13.2 Å². The fraction of sp³-hybridized carbons (Fsp3) is 0.214. The van der Waals surface area contributed by atoms with Gasteiger partial charge in [-0.25, -0.2) is 9.97 Å². The fourth-order valence-corrected chi connectivity index (χ4v) is 2.79. The molecular weight excluding hydrogens is 373 g/mol. The van der Waals surface area contributed by atoms with Crippen molar-refractivity contribution in [3.63, 3.8) is 0 Å². The molecule has 0 saturated carbocycles. The van der Waals surface area contributed by atoms with Gasteiger partial charge in [-0.2, -0.15) is 18.3 Å². The highest BCUT2D eigenvalue weighted by Crippen LogP contribution is 2.32. The molecule has 0 aliphatic rings. The number of aryl methyl sites for hydroxylation is 1. The van der Waals surface area contributed by atoms with Crippen LogP contribution in [-0.4, -0.2) is 34.3 Å². The molecule has 0 amide bonds. The molecule has 0 aliphatic heterocycles. The highest BCUT2D eigenvalue weighted by Gasteiger charge is 2.32. The van der Waals surface area contributed by atoms with Crippen LogP contribution in [0.25, 0.3) is 16.7 Å². The maximum Gasteiger partial charge on any atom is 0.417 e. The summed E-state index contributed by atoms with van der Waals surface area (Å²) >= 11 is 5.90. The lowest BCUT2D eigenvalue weighted by Crippen LogP contribution is -2.10. The Bertz CT molecular complexity index is 1120.